The standard InChI is InChI=1S/C15H19ClN2/c1-18-10-11(3-2-8-17-13-5-6-13)14-9-12(16)4-7-15(14)18/h4,7,9-10,13,17H,2-3,5-6,8H2,1H3. The quantitative estimate of drug-likeness (QED) is 0.816. The fourth-order valence-corrected chi connectivity index (χ4v) is 2.69. The van der Waals surface area contributed by atoms with E-state index in [4.69, 9.17) is 11.6 Å². The second-order valence-electron chi connectivity index (χ2n) is 5.26. The van der Waals surface area contributed by atoms with E-state index >= 15 is 0 Å². The fourth-order valence-electron chi connectivity index (χ4n) is 2.52. The van der Waals surface area contributed by atoms with Crippen molar-refractivity contribution in [3.05, 3.63) is 35.0 Å². The van der Waals surface area contributed by atoms with Crippen molar-refractivity contribution in [2.45, 2.75) is 31.7 Å². The molecule has 2 nitrogen and oxygen atoms in total. The normalized spacial score (nSPS) is 15.4. The number of aryl methyl sites for hydroxylation is 2. The molecule has 2 aromatic rings. The average Bonchev–Trinajstić information content (AvgIpc) is 3.12. The van der Waals surface area contributed by atoms with Crippen LogP contribution in [0.2, 0.25) is 5.02 Å². The maximum absolute atomic E-state index is 6.09. The Kier molecular flexibility index (Phi) is 3.31. The van der Waals surface area contributed by atoms with E-state index in [1.807, 2.05) is 6.07 Å². The summed E-state index contributed by atoms with van der Waals surface area (Å²) in [4.78, 5) is 0. The van der Waals surface area contributed by atoms with Crippen LogP contribution in [0.1, 0.15) is 24.8 Å². The van der Waals surface area contributed by atoms with Crippen LogP contribution < -0.4 is 5.32 Å². The van der Waals surface area contributed by atoms with E-state index in [0.717, 1.165) is 24.0 Å². The number of benzene rings is 1. The van der Waals surface area contributed by atoms with Gasteiger partial charge in [0.15, 0.2) is 0 Å². The second kappa shape index (κ2) is 4.94. The molecule has 1 aromatic heterocycles. The first-order valence-corrected chi connectivity index (χ1v) is 7.08. The lowest BCUT2D eigenvalue weighted by Gasteiger charge is -2.02. The predicted octanol–water partition coefficient (Wildman–Crippen LogP) is 3.52. The van der Waals surface area contributed by atoms with Gasteiger partial charge in [0.25, 0.3) is 0 Å². The molecule has 0 unspecified atom stereocenters. The number of nitrogens with zero attached hydrogens (tertiary/aromatic N) is 1. The Bertz CT molecular complexity index is 555. The average molecular weight is 263 g/mol. The van der Waals surface area contributed by atoms with Crippen molar-refractivity contribution < 1.29 is 0 Å². The summed E-state index contributed by atoms with van der Waals surface area (Å²) in [6.45, 7) is 1.13. The first-order valence-electron chi connectivity index (χ1n) is 6.71. The molecule has 0 bridgehead atoms. The summed E-state index contributed by atoms with van der Waals surface area (Å²) in [5, 5.41) is 5.69. The molecule has 0 aliphatic heterocycles. The van der Waals surface area contributed by atoms with Gasteiger partial charge in [0.05, 0.1) is 0 Å². The zero-order chi connectivity index (χ0) is 12.5. The topological polar surface area (TPSA) is 17.0 Å². The number of halogens is 1. The number of aromatic nitrogens is 1. The molecule has 3 heteroatoms. The molecule has 0 atom stereocenters. The number of rotatable bonds is 5. The van der Waals surface area contributed by atoms with Gasteiger partial charge in [-0.2, -0.15) is 0 Å². The smallest absolute Gasteiger partial charge is 0.0481 e. The Morgan fingerprint density at radius 1 is 1.39 bits per heavy atom. The summed E-state index contributed by atoms with van der Waals surface area (Å²) in [5.74, 6) is 0. The Morgan fingerprint density at radius 2 is 2.22 bits per heavy atom. The van der Waals surface area contributed by atoms with Gasteiger partial charge in [-0.05, 0) is 56.0 Å². The first-order chi connectivity index (χ1) is 8.74. The van der Waals surface area contributed by atoms with Crippen molar-refractivity contribution in [2.75, 3.05) is 6.54 Å². The Balaban J connectivity index is 1.71. The molecule has 1 aliphatic rings. The molecular weight excluding hydrogens is 244 g/mol. The van der Waals surface area contributed by atoms with Crippen molar-refractivity contribution in [1.82, 2.24) is 9.88 Å². The van der Waals surface area contributed by atoms with Crippen LogP contribution in [0.25, 0.3) is 10.9 Å². The Hall–Kier alpha value is -0.990. The number of hydrogen-bond acceptors (Lipinski definition) is 1. The highest BCUT2D eigenvalue weighted by atomic mass is 35.5. The summed E-state index contributed by atoms with van der Waals surface area (Å²) < 4.78 is 2.19. The lowest BCUT2D eigenvalue weighted by atomic mass is 10.1. The van der Waals surface area contributed by atoms with Crippen LogP contribution in [0.15, 0.2) is 24.4 Å². The van der Waals surface area contributed by atoms with Crippen molar-refractivity contribution in [2.24, 2.45) is 7.05 Å². The zero-order valence-electron chi connectivity index (χ0n) is 10.7. The molecule has 0 radical (unpaired) electrons. The number of hydrogen-bond donors (Lipinski definition) is 1. The minimum atomic E-state index is 0.812. The molecule has 1 aliphatic carbocycles. The van der Waals surface area contributed by atoms with Crippen LogP contribution in [0.4, 0.5) is 0 Å². The highest BCUT2D eigenvalue weighted by Gasteiger charge is 2.19. The monoisotopic (exact) mass is 262 g/mol. The Labute approximate surface area is 113 Å². The van der Waals surface area contributed by atoms with Crippen molar-refractivity contribution in [3.63, 3.8) is 0 Å². The molecule has 1 fully saturated rings. The molecule has 1 saturated carbocycles. The summed E-state index contributed by atoms with van der Waals surface area (Å²) in [7, 11) is 2.10. The van der Waals surface area contributed by atoms with Gasteiger partial charge in [0.2, 0.25) is 0 Å². The summed E-state index contributed by atoms with van der Waals surface area (Å²) in [5.41, 5.74) is 2.68. The van der Waals surface area contributed by atoms with Crippen molar-refractivity contribution >= 4 is 22.5 Å². The minimum absolute atomic E-state index is 0.812. The van der Waals surface area contributed by atoms with Gasteiger partial charge in [0.1, 0.15) is 0 Å². The van der Waals surface area contributed by atoms with Gasteiger partial charge in [-0.15, -0.1) is 0 Å². The van der Waals surface area contributed by atoms with E-state index in [2.05, 4.69) is 35.3 Å². The lowest BCUT2D eigenvalue weighted by molar-refractivity contribution is 0.646. The zero-order valence-corrected chi connectivity index (χ0v) is 11.5. The van der Waals surface area contributed by atoms with Gasteiger partial charge in [-0.3, -0.25) is 0 Å². The van der Waals surface area contributed by atoms with Crippen LogP contribution in [-0.4, -0.2) is 17.2 Å². The molecule has 1 N–H and O–H groups in total. The van der Waals surface area contributed by atoms with E-state index in [-0.39, 0.29) is 0 Å². The third-order valence-corrected chi connectivity index (χ3v) is 3.90. The molecule has 18 heavy (non-hydrogen) atoms. The molecule has 1 aromatic carbocycles. The van der Waals surface area contributed by atoms with E-state index < -0.39 is 0 Å². The van der Waals surface area contributed by atoms with Gasteiger partial charge >= 0.3 is 0 Å². The SMILES string of the molecule is Cn1cc(CCCNC2CC2)c2cc(Cl)ccc21. The fraction of sp³-hybridized carbons (Fsp3) is 0.467. The molecule has 3 rings (SSSR count). The summed E-state index contributed by atoms with van der Waals surface area (Å²) >= 11 is 6.09. The van der Waals surface area contributed by atoms with Crippen LogP contribution in [-0.2, 0) is 13.5 Å². The second-order valence-corrected chi connectivity index (χ2v) is 5.70. The molecule has 96 valence electrons. The molecule has 0 amide bonds. The first kappa shape index (κ1) is 12.1. The summed E-state index contributed by atoms with van der Waals surface area (Å²) in [6, 6.07) is 6.96. The molecule has 0 spiro atoms. The van der Waals surface area contributed by atoms with E-state index in [0.29, 0.717) is 0 Å². The highest BCUT2D eigenvalue weighted by Crippen LogP contribution is 2.25. The highest BCUT2D eigenvalue weighted by molar-refractivity contribution is 6.31. The van der Waals surface area contributed by atoms with Gasteiger partial charge in [-0.1, -0.05) is 11.6 Å². The minimum Gasteiger partial charge on any atom is -0.350 e. The maximum atomic E-state index is 6.09. The number of fused-ring (bicyclic) bond motifs is 1. The van der Waals surface area contributed by atoms with Gasteiger partial charge < -0.3 is 9.88 Å². The van der Waals surface area contributed by atoms with Crippen LogP contribution in [0.3, 0.4) is 0 Å². The predicted molar refractivity (Wildman–Crippen MR) is 77.3 cm³/mol. The van der Waals surface area contributed by atoms with Crippen LogP contribution in [0, 0.1) is 0 Å². The lowest BCUT2D eigenvalue weighted by Crippen LogP contribution is -2.17. The Morgan fingerprint density at radius 3 is 3.00 bits per heavy atom. The third kappa shape index (κ3) is 2.55. The van der Waals surface area contributed by atoms with Gasteiger partial charge in [-0.25, -0.2) is 0 Å². The van der Waals surface area contributed by atoms with Crippen LogP contribution in [0.5, 0.6) is 0 Å². The summed E-state index contributed by atoms with van der Waals surface area (Å²) in [6.07, 6.45) is 7.28. The molecular formula is C15H19ClN2. The van der Waals surface area contributed by atoms with E-state index in [1.165, 1.54) is 35.7 Å². The van der Waals surface area contributed by atoms with E-state index in [1.54, 1.807) is 0 Å². The van der Waals surface area contributed by atoms with Crippen molar-refractivity contribution in [1.29, 1.82) is 0 Å². The van der Waals surface area contributed by atoms with Gasteiger partial charge in [0, 0.05) is 35.2 Å². The largest absolute Gasteiger partial charge is 0.350 e. The van der Waals surface area contributed by atoms with E-state index in [9.17, 15) is 0 Å². The maximum Gasteiger partial charge on any atom is 0.0481 e. The molecule has 0 saturated heterocycles. The molecule has 1 heterocycles. The van der Waals surface area contributed by atoms with Crippen molar-refractivity contribution in [3.8, 4) is 0 Å². The third-order valence-electron chi connectivity index (χ3n) is 3.67. The number of nitrogens with one attached hydrogen (secondary N) is 1. The van der Waals surface area contributed by atoms with Crippen LogP contribution >= 0.6 is 11.6 Å².